The number of carbonyl (C=O) groups is 1. The number of alkyl halides is 3. The van der Waals surface area contributed by atoms with Crippen LogP contribution in [-0.4, -0.2) is 19.3 Å². The molecule has 1 spiro atoms. The second kappa shape index (κ2) is 5.96. The maximum atomic E-state index is 13.8. The third kappa shape index (κ3) is 2.43. The number of anilines is 1. The van der Waals surface area contributed by atoms with Gasteiger partial charge in [-0.25, -0.2) is 0 Å². The van der Waals surface area contributed by atoms with Gasteiger partial charge in [0.1, 0.15) is 23.5 Å². The number of para-hydroxylation sites is 1. The minimum atomic E-state index is -4.59. The first kappa shape index (κ1) is 18.2. The number of amides is 1. The van der Waals surface area contributed by atoms with Gasteiger partial charge in [-0.15, -0.1) is 0 Å². The van der Waals surface area contributed by atoms with Crippen molar-refractivity contribution < 1.29 is 36.6 Å². The number of nitrogens with zero attached hydrogens (tertiary/aromatic N) is 1. The Morgan fingerprint density at radius 2 is 1.71 bits per heavy atom. The number of hydrogen-bond acceptors (Lipinski definition) is 5. The molecule has 3 aliphatic rings. The van der Waals surface area contributed by atoms with Crippen LogP contribution < -0.4 is 19.1 Å². The molecule has 1 aromatic heterocycles. The van der Waals surface area contributed by atoms with E-state index in [0.29, 0.717) is 28.5 Å². The molecule has 1 atom stereocenters. The van der Waals surface area contributed by atoms with E-state index in [-0.39, 0.29) is 31.6 Å². The highest BCUT2D eigenvalue weighted by Crippen LogP contribution is 2.55. The van der Waals surface area contributed by atoms with Crippen LogP contribution in [-0.2, 0) is 22.9 Å². The largest absolute Gasteiger partial charge is 0.491 e. The number of ether oxygens (including phenoxy) is 3. The van der Waals surface area contributed by atoms with E-state index in [1.807, 2.05) is 12.1 Å². The van der Waals surface area contributed by atoms with Crippen LogP contribution in [0.15, 0.2) is 52.9 Å². The summed E-state index contributed by atoms with van der Waals surface area (Å²) in [6.07, 6.45) is -4.59. The quantitative estimate of drug-likeness (QED) is 0.610. The SMILES string of the molecule is O=C1N(Cc2ccc(C(F)(F)F)o2)c2ccccc2C12COc1cc3c(cc12)OCO3. The highest BCUT2D eigenvalue weighted by atomic mass is 19.4. The summed E-state index contributed by atoms with van der Waals surface area (Å²) in [5.41, 5.74) is 0.853. The predicted octanol–water partition coefficient (Wildman–Crippen LogP) is 4.25. The van der Waals surface area contributed by atoms with Crippen LogP contribution >= 0.6 is 0 Å². The minimum absolute atomic E-state index is 0.0392. The van der Waals surface area contributed by atoms with E-state index in [2.05, 4.69) is 0 Å². The fourth-order valence-corrected chi connectivity index (χ4v) is 4.49. The molecular formula is C22H14F3NO5. The molecule has 0 aliphatic carbocycles. The normalized spacial score (nSPS) is 20.9. The molecule has 0 saturated heterocycles. The van der Waals surface area contributed by atoms with Gasteiger partial charge in [-0.3, -0.25) is 4.79 Å². The average molecular weight is 429 g/mol. The smallest absolute Gasteiger partial charge is 0.449 e. The van der Waals surface area contributed by atoms with E-state index in [1.165, 1.54) is 11.0 Å². The van der Waals surface area contributed by atoms with Crippen LogP contribution in [0.1, 0.15) is 22.6 Å². The van der Waals surface area contributed by atoms with Crippen LogP contribution in [0.25, 0.3) is 0 Å². The van der Waals surface area contributed by atoms with Gasteiger partial charge in [-0.1, -0.05) is 18.2 Å². The van der Waals surface area contributed by atoms with E-state index < -0.39 is 17.4 Å². The summed E-state index contributed by atoms with van der Waals surface area (Å²) in [4.78, 5) is 15.2. The Morgan fingerprint density at radius 3 is 2.48 bits per heavy atom. The third-order valence-corrected chi connectivity index (χ3v) is 5.90. The number of benzene rings is 2. The van der Waals surface area contributed by atoms with Gasteiger partial charge in [0.05, 0.1) is 6.54 Å². The number of carbonyl (C=O) groups excluding carboxylic acids is 1. The van der Waals surface area contributed by atoms with Gasteiger partial charge in [-0.05, 0) is 29.8 Å². The van der Waals surface area contributed by atoms with E-state index in [9.17, 15) is 18.0 Å². The topological polar surface area (TPSA) is 61.1 Å². The van der Waals surface area contributed by atoms with Crippen LogP contribution in [0, 0.1) is 0 Å². The Kier molecular flexibility index (Phi) is 3.50. The van der Waals surface area contributed by atoms with Crippen LogP contribution in [0.5, 0.6) is 17.2 Å². The van der Waals surface area contributed by atoms with Crippen molar-refractivity contribution >= 4 is 11.6 Å². The zero-order chi connectivity index (χ0) is 21.4. The Hall–Kier alpha value is -3.62. The van der Waals surface area contributed by atoms with Crippen molar-refractivity contribution in [3.63, 3.8) is 0 Å². The summed E-state index contributed by atoms with van der Waals surface area (Å²) >= 11 is 0. The van der Waals surface area contributed by atoms with Crippen molar-refractivity contribution in [1.29, 1.82) is 0 Å². The molecule has 158 valence electrons. The first-order valence-corrected chi connectivity index (χ1v) is 9.52. The molecule has 2 aromatic carbocycles. The van der Waals surface area contributed by atoms with Gasteiger partial charge < -0.3 is 23.5 Å². The summed E-state index contributed by atoms with van der Waals surface area (Å²) in [5, 5.41) is 0. The van der Waals surface area contributed by atoms with Crippen molar-refractivity contribution in [1.82, 2.24) is 0 Å². The summed E-state index contributed by atoms with van der Waals surface area (Å²) in [6, 6.07) is 12.7. The molecule has 1 unspecified atom stereocenters. The van der Waals surface area contributed by atoms with Gasteiger partial charge >= 0.3 is 6.18 Å². The molecule has 6 nitrogen and oxygen atoms in total. The Morgan fingerprint density at radius 1 is 0.935 bits per heavy atom. The number of halogens is 3. The molecule has 1 amide bonds. The maximum Gasteiger partial charge on any atom is 0.449 e. The van der Waals surface area contributed by atoms with Gasteiger partial charge in [-0.2, -0.15) is 13.2 Å². The standard InChI is InChI=1S/C22H14F3NO5/c23-22(24,25)19-6-5-12(31-19)9-26-15-4-2-1-3-13(15)21(20(26)27)10-28-16-8-18-17(7-14(16)21)29-11-30-18/h1-8H,9-11H2. The number of rotatable bonds is 2. The molecule has 9 heteroatoms. The predicted molar refractivity (Wildman–Crippen MR) is 100 cm³/mol. The first-order valence-electron chi connectivity index (χ1n) is 9.52. The molecule has 0 fully saturated rings. The molecule has 4 heterocycles. The van der Waals surface area contributed by atoms with Gasteiger partial charge in [0, 0.05) is 17.3 Å². The maximum absolute atomic E-state index is 13.8. The van der Waals surface area contributed by atoms with Crippen molar-refractivity contribution in [2.45, 2.75) is 18.1 Å². The average Bonchev–Trinajstić information content (AvgIpc) is 3.50. The van der Waals surface area contributed by atoms with E-state index in [0.717, 1.165) is 11.6 Å². The molecule has 31 heavy (non-hydrogen) atoms. The fraction of sp³-hybridized carbons (Fsp3) is 0.227. The summed E-state index contributed by atoms with van der Waals surface area (Å²) in [7, 11) is 0. The van der Waals surface area contributed by atoms with Crippen molar-refractivity contribution in [2.75, 3.05) is 18.3 Å². The van der Waals surface area contributed by atoms with Gasteiger partial charge in [0.2, 0.25) is 18.5 Å². The van der Waals surface area contributed by atoms with Crippen molar-refractivity contribution in [3.05, 3.63) is 71.2 Å². The van der Waals surface area contributed by atoms with Gasteiger partial charge in [0.25, 0.3) is 0 Å². The zero-order valence-corrected chi connectivity index (χ0v) is 15.9. The second-order valence-electron chi connectivity index (χ2n) is 7.57. The van der Waals surface area contributed by atoms with Gasteiger partial charge in [0.15, 0.2) is 11.5 Å². The molecule has 3 aliphatic heterocycles. The number of hydrogen-bond donors (Lipinski definition) is 0. The fourth-order valence-electron chi connectivity index (χ4n) is 4.49. The zero-order valence-electron chi connectivity index (χ0n) is 15.9. The summed E-state index contributed by atoms with van der Waals surface area (Å²) < 4.78 is 60.5. The number of furan rings is 1. The van der Waals surface area contributed by atoms with E-state index in [4.69, 9.17) is 18.6 Å². The van der Waals surface area contributed by atoms with Crippen LogP contribution in [0.4, 0.5) is 18.9 Å². The van der Waals surface area contributed by atoms with E-state index >= 15 is 0 Å². The lowest BCUT2D eigenvalue weighted by Gasteiger charge is -2.22. The second-order valence-corrected chi connectivity index (χ2v) is 7.57. The Balaban J connectivity index is 1.44. The molecule has 6 rings (SSSR count). The lowest BCUT2D eigenvalue weighted by Crippen LogP contribution is -2.42. The minimum Gasteiger partial charge on any atom is -0.491 e. The Labute approximate surface area is 173 Å². The molecule has 3 aromatic rings. The molecule has 0 N–H and O–H groups in total. The Bertz CT molecular complexity index is 1230. The van der Waals surface area contributed by atoms with Crippen LogP contribution in [0.2, 0.25) is 0 Å². The highest BCUT2D eigenvalue weighted by molar-refractivity contribution is 6.11. The van der Waals surface area contributed by atoms with Crippen molar-refractivity contribution in [2.24, 2.45) is 0 Å². The lowest BCUT2D eigenvalue weighted by atomic mass is 9.77. The third-order valence-electron chi connectivity index (χ3n) is 5.90. The van der Waals surface area contributed by atoms with Crippen molar-refractivity contribution in [3.8, 4) is 17.2 Å². The monoisotopic (exact) mass is 429 g/mol. The molecular weight excluding hydrogens is 415 g/mol. The molecule has 0 bridgehead atoms. The number of fused-ring (bicyclic) bond motifs is 5. The highest BCUT2D eigenvalue weighted by Gasteiger charge is 2.57. The van der Waals surface area contributed by atoms with Crippen LogP contribution in [0.3, 0.4) is 0 Å². The first-order chi connectivity index (χ1) is 14.9. The summed E-state index contributed by atoms with van der Waals surface area (Å²) in [6.45, 7) is 0.0268. The van der Waals surface area contributed by atoms with E-state index in [1.54, 1.807) is 24.3 Å². The molecule has 0 saturated carbocycles. The lowest BCUT2D eigenvalue weighted by molar-refractivity contribution is -0.153. The summed E-state index contributed by atoms with van der Waals surface area (Å²) in [5.74, 6) is 0.231. The molecule has 0 radical (unpaired) electrons.